The molecule has 0 radical (unpaired) electrons. The molecule has 1 amide bonds. The first-order valence-electron chi connectivity index (χ1n) is 7.60. The second kappa shape index (κ2) is 8.25. The van der Waals surface area contributed by atoms with Gasteiger partial charge >= 0.3 is 0 Å². The van der Waals surface area contributed by atoms with Gasteiger partial charge in [-0.05, 0) is 43.5 Å². The Balaban J connectivity index is 1.86. The van der Waals surface area contributed by atoms with Gasteiger partial charge in [0.1, 0.15) is 5.75 Å². The van der Waals surface area contributed by atoms with E-state index in [2.05, 4.69) is 12.2 Å². The number of amides is 1. The summed E-state index contributed by atoms with van der Waals surface area (Å²) in [5, 5.41) is 3.80. The van der Waals surface area contributed by atoms with E-state index in [9.17, 15) is 4.79 Å². The van der Waals surface area contributed by atoms with Crippen LogP contribution in [0, 0.1) is 0 Å². The van der Waals surface area contributed by atoms with E-state index in [0.717, 1.165) is 44.6 Å². The van der Waals surface area contributed by atoms with Gasteiger partial charge in [0.2, 0.25) is 0 Å². The lowest BCUT2D eigenvalue weighted by atomic mass is 10.1. The highest BCUT2D eigenvalue weighted by Crippen LogP contribution is 2.25. The molecule has 0 aliphatic carbocycles. The molecule has 116 valence electrons. The molecule has 0 atom stereocenters. The lowest BCUT2D eigenvalue weighted by molar-refractivity contribution is -0.134. The van der Waals surface area contributed by atoms with Crippen LogP contribution in [-0.4, -0.2) is 37.0 Å². The third-order valence-electron chi connectivity index (χ3n) is 3.64. The maximum absolute atomic E-state index is 12.0. The van der Waals surface area contributed by atoms with Crippen molar-refractivity contribution in [3.8, 4) is 5.75 Å². The van der Waals surface area contributed by atoms with E-state index in [1.54, 1.807) is 0 Å². The monoisotopic (exact) mass is 310 g/mol. The molecule has 21 heavy (non-hydrogen) atoms. The van der Waals surface area contributed by atoms with E-state index in [1.807, 2.05) is 23.1 Å². The summed E-state index contributed by atoms with van der Waals surface area (Å²) < 4.78 is 5.57. The van der Waals surface area contributed by atoms with Gasteiger partial charge in [-0.25, -0.2) is 0 Å². The van der Waals surface area contributed by atoms with Crippen LogP contribution in [0.15, 0.2) is 18.2 Å². The summed E-state index contributed by atoms with van der Waals surface area (Å²) in [4.78, 5) is 13.9. The van der Waals surface area contributed by atoms with Crippen molar-refractivity contribution in [2.75, 3.05) is 26.2 Å². The van der Waals surface area contributed by atoms with Crippen molar-refractivity contribution in [1.82, 2.24) is 10.2 Å². The molecule has 1 aliphatic heterocycles. The predicted octanol–water partition coefficient (Wildman–Crippen LogP) is 2.84. The second-order valence-corrected chi connectivity index (χ2v) is 5.68. The van der Waals surface area contributed by atoms with E-state index in [-0.39, 0.29) is 12.5 Å². The SMILES string of the molecule is CCNCc1ccc(OCC(=O)N2CCCCC2)c(Cl)c1. The highest BCUT2D eigenvalue weighted by atomic mass is 35.5. The number of hydrogen-bond donors (Lipinski definition) is 1. The molecular weight excluding hydrogens is 288 g/mol. The molecule has 1 fully saturated rings. The number of ether oxygens (including phenoxy) is 1. The summed E-state index contributed by atoms with van der Waals surface area (Å²) in [5.41, 5.74) is 1.11. The minimum atomic E-state index is 0.0440. The van der Waals surface area contributed by atoms with Gasteiger partial charge in [0.25, 0.3) is 5.91 Å². The van der Waals surface area contributed by atoms with Crippen molar-refractivity contribution in [3.63, 3.8) is 0 Å². The number of halogens is 1. The van der Waals surface area contributed by atoms with Gasteiger partial charge in [0.15, 0.2) is 6.61 Å². The normalized spacial score (nSPS) is 15.0. The Kier molecular flexibility index (Phi) is 6.33. The van der Waals surface area contributed by atoms with Gasteiger partial charge in [-0.1, -0.05) is 24.6 Å². The van der Waals surface area contributed by atoms with Crippen LogP contribution in [0.1, 0.15) is 31.7 Å². The number of nitrogens with zero attached hydrogens (tertiary/aromatic N) is 1. The summed E-state index contributed by atoms with van der Waals surface area (Å²) in [6.45, 7) is 5.51. The van der Waals surface area contributed by atoms with Crippen molar-refractivity contribution in [3.05, 3.63) is 28.8 Å². The highest BCUT2D eigenvalue weighted by molar-refractivity contribution is 6.32. The maximum atomic E-state index is 12.0. The maximum Gasteiger partial charge on any atom is 0.260 e. The third kappa shape index (κ3) is 4.90. The Morgan fingerprint density at radius 3 is 2.76 bits per heavy atom. The summed E-state index contributed by atoms with van der Waals surface area (Å²) in [7, 11) is 0. The van der Waals surface area contributed by atoms with Gasteiger partial charge < -0.3 is 15.0 Å². The summed E-state index contributed by atoms with van der Waals surface area (Å²) in [6.07, 6.45) is 3.39. The molecule has 5 heteroatoms. The Bertz CT molecular complexity index is 473. The fraction of sp³-hybridized carbons (Fsp3) is 0.562. The van der Waals surface area contributed by atoms with E-state index >= 15 is 0 Å². The molecule has 0 aromatic heterocycles. The number of benzene rings is 1. The van der Waals surface area contributed by atoms with Crippen LogP contribution < -0.4 is 10.1 Å². The third-order valence-corrected chi connectivity index (χ3v) is 3.93. The first-order valence-corrected chi connectivity index (χ1v) is 7.98. The average molecular weight is 311 g/mol. The molecule has 1 saturated heterocycles. The summed E-state index contributed by atoms with van der Waals surface area (Å²) >= 11 is 6.20. The number of carbonyl (C=O) groups is 1. The Labute approximate surface area is 131 Å². The van der Waals surface area contributed by atoms with Crippen LogP contribution >= 0.6 is 11.6 Å². The lowest BCUT2D eigenvalue weighted by Crippen LogP contribution is -2.38. The van der Waals surface area contributed by atoms with Crippen molar-refractivity contribution >= 4 is 17.5 Å². The number of nitrogens with one attached hydrogen (secondary N) is 1. The van der Waals surface area contributed by atoms with E-state index in [1.165, 1.54) is 6.42 Å². The molecule has 1 aromatic rings. The van der Waals surface area contributed by atoms with Crippen molar-refractivity contribution < 1.29 is 9.53 Å². The molecule has 0 spiro atoms. The van der Waals surface area contributed by atoms with Gasteiger partial charge in [0.05, 0.1) is 5.02 Å². The number of piperidine rings is 1. The number of carbonyl (C=O) groups excluding carboxylic acids is 1. The number of rotatable bonds is 6. The van der Waals surface area contributed by atoms with Crippen LogP contribution in [0.2, 0.25) is 5.02 Å². The van der Waals surface area contributed by atoms with Gasteiger partial charge in [-0.2, -0.15) is 0 Å². The first kappa shape index (κ1) is 16.1. The molecule has 0 saturated carbocycles. The molecule has 1 aliphatic rings. The smallest absolute Gasteiger partial charge is 0.260 e. The fourth-order valence-corrected chi connectivity index (χ4v) is 2.67. The zero-order valence-electron chi connectivity index (χ0n) is 12.5. The van der Waals surface area contributed by atoms with E-state index in [4.69, 9.17) is 16.3 Å². The zero-order chi connectivity index (χ0) is 15.1. The minimum Gasteiger partial charge on any atom is -0.482 e. The second-order valence-electron chi connectivity index (χ2n) is 5.28. The quantitative estimate of drug-likeness (QED) is 0.878. The predicted molar refractivity (Wildman–Crippen MR) is 84.8 cm³/mol. The zero-order valence-corrected chi connectivity index (χ0v) is 13.3. The van der Waals surface area contributed by atoms with Crippen molar-refractivity contribution in [1.29, 1.82) is 0 Å². The molecule has 0 bridgehead atoms. The molecule has 1 heterocycles. The van der Waals surface area contributed by atoms with Crippen molar-refractivity contribution in [2.24, 2.45) is 0 Å². The lowest BCUT2D eigenvalue weighted by Gasteiger charge is -2.26. The van der Waals surface area contributed by atoms with Crippen LogP contribution in [0.5, 0.6) is 5.75 Å². The number of likely N-dealkylation sites (tertiary alicyclic amines) is 1. The van der Waals surface area contributed by atoms with Gasteiger partial charge in [-0.15, -0.1) is 0 Å². The fourth-order valence-electron chi connectivity index (χ4n) is 2.41. The van der Waals surface area contributed by atoms with Crippen LogP contribution in [0.25, 0.3) is 0 Å². The van der Waals surface area contributed by atoms with Crippen LogP contribution in [0.3, 0.4) is 0 Å². The minimum absolute atomic E-state index is 0.0440. The molecule has 4 nitrogen and oxygen atoms in total. The van der Waals surface area contributed by atoms with Crippen molar-refractivity contribution in [2.45, 2.75) is 32.7 Å². The molecule has 2 rings (SSSR count). The van der Waals surface area contributed by atoms with E-state index < -0.39 is 0 Å². The Hall–Kier alpha value is -1.26. The average Bonchev–Trinajstić information content (AvgIpc) is 2.52. The standard InChI is InChI=1S/C16H23ClN2O2/c1-2-18-11-13-6-7-15(14(17)10-13)21-12-16(20)19-8-4-3-5-9-19/h6-7,10,18H,2-5,8-9,11-12H2,1H3. The first-order chi connectivity index (χ1) is 10.2. The van der Waals surface area contributed by atoms with Crippen LogP contribution in [0.4, 0.5) is 0 Å². The molecule has 0 unspecified atom stereocenters. The van der Waals surface area contributed by atoms with Gasteiger partial charge in [0, 0.05) is 19.6 Å². The Morgan fingerprint density at radius 1 is 1.33 bits per heavy atom. The van der Waals surface area contributed by atoms with Crippen LogP contribution in [-0.2, 0) is 11.3 Å². The molecule has 1 N–H and O–H groups in total. The molecule has 1 aromatic carbocycles. The topological polar surface area (TPSA) is 41.6 Å². The number of hydrogen-bond acceptors (Lipinski definition) is 3. The molecular formula is C16H23ClN2O2. The summed E-state index contributed by atoms with van der Waals surface area (Å²) in [6, 6.07) is 5.68. The highest BCUT2D eigenvalue weighted by Gasteiger charge is 2.17. The van der Waals surface area contributed by atoms with Gasteiger partial charge in [-0.3, -0.25) is 4.79 Å². The largest absolute Gasteiger partial charge is 0.482 e. The Morgan fingerprint density at radius 2 is 2.10 bits per heavy atom. The van der Waals surface area contributed by atoms with E-state index in [0.29, 0.717) is 10.8 Å². The summed E-state index contributed by atoms with van der Waals surface area (Å²) in [5.74, 6) is 0.616.